The highest BCUT2D eigenvalue weighted by Gasteiger charge is 2.42. The lowest BCUT2D eigenvalue weighted by Crippen LogP contribution is -2.44. The fraction of sp³-hybridized carbons (Fsp3) is 0.591. The van der Waals surface area contributed by atoms with Crippen molar-refractivity contribution in [3.8, 4) is 5.75 Å². The number of rotatable bonds is 6. The zero-order chi connectivity index (χ0) is 16.6. The summed E-state index contributed by atoms with van der Waals surface area (Å²) in [5.41, 5.74) is 0. The summed E-state index contributed by atoms with van der Waals surface area (Å²) in [7, 11) is 0. The summed E-state index contributed by atoms with van der Waals surface area (Å²) in [5, 5.41) is 6.41. The highest BCUT2D eigenvalue weighted by Crippen LogP contribution is 2.45. The lowest BCUT2D eigenvalue weighted by atomic mass is 9.91. The molecule has 0 atom stereocenters. The number of nitrogens with one attached hydrogen (secondary N) is 1. The van der Waals surface area contributed by atoms with Crippen molar-refractivity contribution in [2.75, 3.05) is 0 Å². The fourth-order valence-electron chi connectivity index (χ4n) is 4.51. The van der Waals surface area contributed by atoms with E-state index in [1.165, 1.54) is 62.1 Å². The Balaban J connectivity index is 1.15. The highest BCUT2D eigenvalue weighted by molar-refractivity contribution is 5.82. The third kappa shape index (κ3) is 3.67. The van der Waals surface area contributed by atoms with E-state index < -0.39 is 0 Å². The van der Waals surface area contributed by atoms with Crippen LogP contribution in [0.2, 0.25) is 0 Å². The van der Waals surface area contributed by atoms with Gasteiger partial charge in [0.05, 0.1) is 6.10 Å². The van der Waals surface area contributed by atoms with Crippen LogP contribution in [0.5, 0.6) is 5.75 Å². The first-order valence-electron chi connectivity index (χ1n) is 10.1. The molecular formula is C22H28N2O. The van der Waals surface area contributed by atoms with Gasteiger partial charge in [0.2, 0.25) is 0 Å². The Morgan fingerprint density at radius 2 is 1.64 bits per heavy atom. The minimum Gasteiger partial charge on any atom is -0.490 e. The average molecular weight is 336 g/mol. The summed E-state index contributed by atoms with van der Waals surface area (Å²) in [5.74, 6) is 2.99. The van der Waals surface area contributed by atoms with E-state index in [0.29, 0.717) is 12.1 Å². The van der Waals surface area contributed by atoms with Crippen molar-refractivity contribution in [3.05, 3.63) is 36.7 Å². The van der Waals surface area contributed by atoms with Crippen LogP contribution in [0.25, 0.3) is 10.8 Å². The zero-order valence-corrected chi connectivity index (χ0v) is 14.9. The molecule has 0 amide bonds. The number of fused-ring (bicyclic) bond motifs is 1. The van der Waals surface area contributed by atoms with Crippen molar-refractivity contribution in [1.82, 2.24) is 10.3 Å². The SMILES string of the molecule is c1cc2cc(OC3CCC(NC(C4CC4)C4CC4)CC3)ccc2cn1. The molecular weight excluding hydrogens is 308 g/mol. The van der Waals surface area contributed by atoms with E-state index in [-0.39, 0.29) is 0 Å². The first-order valence-corrected chi connectivity index (χ1v) is 10.1. The number of nitrogens with zero attached hydrogens (tertiary/aromatic N) is 1. The molecule has 1 aromatic heterocycles. The Morgan fingerprint density at radius 3 is 2.36 bits per heavy atom. The predicted molar refractivity (Wildman–Crippen MR) is 101 cm³/mol. The van der Waals surface area contributed by atoms with Crippen molar-refractivity contribution in [2.24, 2.45) is 11.8 Å². The topological polar surface area (TPSA) is 34.1 Å². The number of aromatic nitrogens is 1. The van der Waals surface area contributed by atoms with Gasteiger partial charge in [0.1, 0.15) is 5.75 Å². The Kier molecular flexibility index (Phi) is 4.13. The van der Waals surface area contributed by atoms with Crippen LogP contribution in [0.3, 0.4) is 0 Å². The van der Waals surface area contributed by atoms with E-state index in [4.69, 9.17) is 4.74 Å². The first kappa shape index (κ1) is 15.6. The Hall–Kier alpha value is -1.61. The van der Waals surface area contributed by atoms with Crippen LogP contribution in [0, 0.1) is 11.8 Å². The standard InChI is InChI=1S/C22H28N2O/c1-2-15(1)22(16-3-4-16)24-19-6-9-20(10-7-19)25-21-8-5-18-14-23-12-11-17(18)13-21/h5,8,11-16,19-20,22,24H,1-4,6-7,9-10H2. The molecule has 0 aliphatic heterocycles. The van der Waals surface area contributed by atoms with Crippen LogP contribution in [0.15, 0.2) is 36.7 Å². The van der Waals surface area contributed by atoms with Crippen molar-refractivity contribution in [1.29, 1.82) is 0 Å². The van der Waals surface area contributed by atoms with E-state index in [9.17, 15) is 0 Å². The van der Waals surface area contributed by atoms with Gasteiger partial charge in [-0.05, 0) is 92.9 Å². The number of pyridine rings is 1. The molecule has 3 aliphatic carbocycles. The molecule has 0 saturated heterocycles. The minimum atomic E-state index is 0.373. The normalized spacial score (nSPS) is 26.9. The van der Waals surface area contributed by atoms with Gasteiger partial charge in [-0.3, -0.25) is 4.98 Å². The predicted octanol–water partition coefficient (Wildman–Crippen LogP) is 4.70. The van der Waals surface area contributed by atoms with Gasteiger partial charge >= 0.3 is 0 Å². The zero-order valence-electron chi connectivity index (χ0n) is 14.9. The third-order valence-electron chi connectivity index (χ3n) is 6.28. The molecule has 132 valence electrons. The second-order valence-electron chi connectivity index (χ2n) is 8.34. The largest absolute Gasteiger partial charge is 0.490 e. The van der Waals surface area contributed by atoms with E-state index >= 15 is 0 Å². The average Bonchev–Trinajstić information content (AvgIpc) is 3.55. The highest BCUT2D eigenvalue weighted by atomic mass is 16.5. The van der Waals surface area contributed by atoms with E-state index in [1.54, 1.807) is 0 Å². The molecule has 0 radical (unpaired) electrons. The van der Waals surface area contributed by atoms with Gasteiger partial charge in [-0.15, -0.1) is 0 Å². The van der Waals surface area contributed by atoms with Gasteiger partial charge in [-0.2, -0.15) is 0 Å². The van der Waals surface area contributed by atoms with Crippen LogP contribution in [0.1, 0.15) is 51.4 Å². The van der Waals surface area contributed by atoms with Crippen LogP contribution in [-0.4, -0.2) is 23.2 Å². The summed E-state index contributed by atoms with van der Waals surface area (Å²) in [6.45, 7) is 0. The number of hydrogen-bond acceptors (Lipinski definition) is 3. The van der Waals surface area contributed by atoms with E-state index in [0.717, 1.165) is 23.6 Å². The molecule has 25 heavy (non-hydrogen) atoms. The summed E-state index contributed by atoms with van der Waals surface area (Å²) in [4.78, 5) is 4.18. The maximum absolute atomic E-state index is 6.29. The Morgan fingerprint density at radius 1 is 0.880 bits per heavy atom. The molecule has 5 rings (SSSR count). The van der Waals surface area contributed by atoms with Gasteiger partial charge in [-0.25, -0.2) is 0 Å². The summed E-state index contributed by atoms with van der Waals surface area (Å²) in [6, 6.07) is 9.95. The summed E-state index contributed by atoms with van der Waals surface area (Å²) >= 11 is 0. The monoisotopic (exact) mass is 336 g/mol. The van der Waals surface area contributed by atoms with Crippen molar-refractivity contribution in [2.45, 2.75) is 69.6 Å². The fourth-order valence-corrected chi connectivity index (χ4v) is 4.51. The molecule has 1 N–H and O–H groups in total. The van der Waals surface area contributed by atoms with Crippen molar-refractivity contribution >= 4 is 10.8 Å². The number of hydrogen-bond donors (Lipinski definition) is 1. The third-order valence-corrected chi connectivity index (χ3v) is 6.28. The molecule has 3 saturated carbocycles. The molecule has 2 aromatic rings. The Labute approximate surface area is 150 Å². The minimum absolute atomic E-state index is 0.373. The summed E-state index contributed by atoms with van der Waals surface area (Å²) in [6.07, 6.45) is 14.9. The molecule has 3 aliphatic rings. The molecule has 3 nitrogen and oxygen atoms in total. The maximum atomic E-state index is 6.29. The number of benzene rings is 1. The molecule has 3 fully saturated rings. The maximum Gasteiger partial charge on any atom is 0.120 e. The molecule has 3 heteroatoms. The molecule has 0 unspecified atom stereocenters. The molecule has 1 aromatic carbocycles. The van der Waals surface area contributed by atoms with Gasteiger partial charge in [0.25, 0.3) is 0 Å². The van der Waals surface area contributed by atoms with Gasteiger partial charge in [0, 0.05) is 29.9 Å². The van der Waals surface area contributed by atoms with Crippen molar-refractivity contribution in [3.63, 3.8) is 0 Å². The van der Waals surface area contributed by atoms with Crippen molar-refractivity contribution < 1.29 is 4.74 Å². The lowest BCUT2D eigenvalue weighted by Gasteiger charge is -2.32. The lowest BCUT2D eigenvalue weighted by molar-refractivity contribution is 0.134. The molecule has 1 heterocycles. The quantitative estimate of drug-likeness (QED) is 0.830. The number of ether oxygens (including phenoxy) is 1. The van der Waals surface area contributed by atoms with Crippen LogP contribution < -0.4 is 10.1 Å². The van der Waals surface area contributed by atoms with Gasteiger partial charge in [0.15, 0.2) is 0 Å². The first-order chi connectivity index (χ1) is 12.3. The van der Waals surface area contributed by atoms with E-state index in [1.807, 2.05) is 12.4 Å². The van der Waals surface area contributed by atoms with Crippen LogP contribution >= 0.6 is 0 Å². The smallest absolute Gasteiger partial charge is 0.120 e. The summed E-state index contributed by atoms with van der Waals surface area (Å²) < 4.78 is 6.29. The van der Waals surface area contributed by atoms with Crippen LogP contribution in [0.4, 0.5) is 0 Å². The second kappa shape index (κ2) is 6.60. The Bertz CT molecular complexity index is 718. The molecule has 0 spiro atoms. The van der Waals surface area contributed by atoms with Gasteiger partial charge < -0.3 is 10.1 Å². The molecule has 0 bridgehead atoms. The van der Waals surface area contributed by atoms with Crippen LogP contribution in [-0.2, 0) is 0 Å². The van der Waals surface area contributed by atoms with Gasteiger partial charge in [-0.1, -0.05) is 0 Å². The van der Waals surface area contributed by atoms with E-state index in [2.05, 4.69) is 34.6 Å². The second-order valence-corrected chi connectivity index (χ2v) is 8.34.